The summed E-state index contributed by atoms with van der Waals surface area (Å²) >= 11 is 5.98. The second-order valence-corrected chi connectivity index (χ2v) is 7.76. The summed E-state index contributed by atoms with van der Waals surface area (Å²) < 4.78 is 0. The van der Waals surface area contributed by atoms with E-state index in [9.17, 15) is 0 Å². The molecule has 1 saturated carbocycles. The number of hydrogen-bond donors (Lipinski definition) is 1. The Hall–Kier alpha value is -1.85. The molecule has 0 unspecified atom stereocenters. The lowest BCUT2D eigenvalue weighted by atomic mass is 10.1. The van der Waals surface area contributed by atoms with Crippen LogP contribution in [-0.4, -0.2) is 47.6 Å². The molecule has 138 valence electrons. The fraction of sp³-hybridized carbons (Fsp3) is 0.500. The molecule has 0 atom stereocenters. The van der Waals surface area contributed by atoms with Crippen LogP contribution in [0.3, 0.4) is 0 Å². The zero-order valence-electron chi connectivity index (χ0n) is 15.3. The van der Waals surface area contributed by atoms with Gasteiger partial charge in [0.05, 0.1) is 0 Å². The number of benzene rings is 1. The molecule has 2 fully saturated rings. The third kappa shape index (κ3) is 4.65. The van der Waals surface area contributed by atoms with Crippen molar-refractivity contribution >= 4 is 23.1 Å². The van der Waals surface area contributed by atoms with Gasteiger partial charge in [0.25, 0.3) is 0 Å². The summed E-state index contributed by atoms with van der Waals surface area (Å²) in [6.45, 7) is 8.51. The Kier molecular flexibility index (Phi) is 5.27. The monoisotopic (exact) mass is 371 g/mol. The molecule has 2 aliphatic rings. The molecule has 4 rings (SSSR count). The average molecular weight is 372 g/mol. The second-order valence-electron chi connectivity index (χ2n) is 7.37. The van der Waals surface area contributed by atoms with Crippen LogP contribution in [0.1, 0.15) is 24.2 Å². The molecule has 2 aromatic rings. The minimum atomic E-state index is 0.469. The zero-order valence-corrected chi connectivity index (χ0v) is 16.0. The molecule has 6 heteroatoms. The maximum atomic E-state index is 5.98. The fourth-order valence-electron chi connectivity index (χ4n) is 3.49. The molecule has 0 spiro atoms. The van der Waals surface area contributed by atoms with E-state index in [1.54, 1.807) is 6.07 Å². The molecular weight excluding hydrogens is 346 g/mol. The van der Waals surface area contributed by atoms with Gasteiger partial charge < -0.3 is 10.2 Å². The standard InChI is InChI=1S/C20H26ClN5/c1-15-23-19(21)12-20(24-15)22-13-16-4-6-18(7-5-16)26-10-8-25(9-11-26)14-17-2-3-17/h4-7,12,17H,2-3,8-11,13-14H2,1H3,(H,22,23,24). The Bertz CT molecular complexity index is 716. The van der Waals surface area contributed by atoms with E-state index in [0.29, 0.717) is 11.0 Å². The number of rotatable bonds is 6. The molecule has 1 saturated heterocycles. The maximum Gasteiger partial charge on any atom is 0.134 e. The van der Waals surface area contributed by atoms with E-state index in [-0.39, 0.29) is 0 Å². The molecule has 1 aliphatic heterocycles. The number of piperazine rings is 1. The molecule has 2 heterocycles. The van der Waals surface area contributed by atoms with Crippen molar-refractivity contribution in [2.75, 3.05) is 42.9 Å². The van der Waals surface area contributed by atoms with Crippen LogP contribution in [0.2, 0.25) is 5.15 Å². The first-order chi connectivity index (χ1) is 12.7. The van der Waals surface area contributed by atoms with E-state index in [4.69, 9.17) is 11.6 Å². The summed E-state index contributed by atoms with van der Waals surface area (Å²) in [5.74, 6) is 2.43. The zero-order chi connectivity index (χ0) is 17.9. The first kappa shape index (κ1) is 17.6. The van der Waals surface area contributed by atoms with Crippen LogP contribution in [0.15, 0.2) is 30.3 Å². The van der Waals surface area contributed by atoms with Crippen molar-refractivity contribution in [3.63, 3.8) is 0 Å². The van der Waals surface area contributed by atoms with Crippen molar-refractivity contribution in [2.24, 2.45) is 5.92 Å². The van der Waals surface area contributed by atoms with Gasteiger partial charge in [-0.05, 0) is 43.4 Å². The van der Waals surface area contributed by atoms with Crippen LogP contribution in [-0.2, 0) is 6.54 Å². The molecule has 5 nitrogen and oxygen atoms in total. The first-order valence-electron chi connectivity index (χ1n) is 9.47. The Morgan fingerprint density at radius 3 is 2.46 bits per heavy atom. The van der Waals surface area contributed by atoms with Crippen LogP contribution < -0.4 is 10.2 Å². The molecule has 1 aromatic carbocycles. The van der Waals surface area contributed by atoms with Gasteiger partial charge in [-0.25, -0.2) is 9.97 Å². The molecule has 1 N–H and O–H groups in total. The minimum absolute atomic E-state index is 0.469. The lowest BCUT2D eigenvalue weighted by Gasteiger charge is -2.36. The number of anilines is 2. The number of hydrogen-bond acceptors (Lipinski definition) is 5. The smallest absolute Gasteiger partial charge is 0.134 e. The van der Waals surface area contributed by atoms with Gasteiger partial charge >= 0.3 is 0 Å². The van der Waals surface area contributed by atoms with Gasteiger partial charge in [0.2, 0.25) is 0 Å². The summed E-state index contributed by atoms with van der Waals surface area (Å²) in [6.07, 6.45) is 2.88. The van der Waals surface area contributed by atoms with Gasteiger partial charge in [0, 0.05) is 51.0 Å². The van der Waals surface area contributed by atoms with E-state index >= 15 is 0 Å². The molecule has 1 aromatic heterocycles. The molecular formula is C20H26ClN5. The van der Waals surface area contributed by atoms with Crippen molar-refractivity contribution in [1.29, 1.82) is 0 Å². The van der Waals surface area contributed by atoms with Crippen molar-refractivity contribution in [1.82, 2.24) is 14.9 Å². The van der Waals surface area contributed by atoms with Gasteiger partial charge in [-0.2, -0.15) is 0 Å². The van der Waals surface area contributed by atoms with Crippen LogP contribution in [0, 0.1) is 12.8 Å². The van der Waals surface area contributed by atoms with Gasteiger partial charge in [-0.1, -0.05) is 23.7 Å². The van der Waals surface area contributed by atoms with Crippen molar-refractivity contribution < 1.29 is 0 Å². The van der Waals surface area contributed by atoms with E-state index in [0.717, 1.165) is 31.4 Å². The van der Waals surface area contributed by atoms with Gasteiger partial charge in [-0.3, -0.25) is 4.90 Å². The summed E-state index contributed by atoms with van der Waals surface area (Å²) in [5, 5.41) is 3.78. The Balaban J connectivity index is 1.29. The van der Waals surface area contributed by atoms with Gasteiger partial charge in [0.1, 0.15) is 16.8 Å². The SMILES string of the molecule is Cc1nc(Cl)cc(NCc2ccc(N3CCN(CC4CC4)CC3)cc2)n1. The lowest BCUT2D eigenvalue weighted by Crippen LogP contribution is -2.47. The number of aromatic nitrogens is 2. The highest BCUT2D eigenvalue weighted by atomic mass is 35.5. The fourth-order valence-corrected chi connectivity index (χ4v) is 3.72. The van der Waals surface area contributed by atoms with Gasteiger partial charge in [0.15, 0.2) is 0 Å². The van der Waals surface area contributed by atoms with E-state index in [1.807, 2.05) is 6.92 Å². The second kappa shape index (κ2) is 7.80. The predicted molar refractivity (Wildman–Crippen MR) is 107 cm³/mol. The van der Waals surface area contributed by atoms with E-state index < -0.39 is 0 Å². The maximum absolute atomic E-state index is 5.98. The Labute approximate surface area is 160 Å². The highest BCUT2D eigenvalue weighted by molar-refractivity contribution is 6.29. The van der Waals surface area contributed by atoms with Crippen LogP contribution >= 0.6 is 11.6 Å². The normalized spacial score (nSPS) is 18.2. The number of halogens is 1. The van der Waals surface area contributed by atoms with Crippen molar-refractivity contribution in [3.05, 3.63) is 46.9 Å². The van der Waals surface area contributed by atoms with Crippen molar-refractivity contribution in [2.45, 2.75) is 26.3 Å². The third-order valence-electron chi connectivity index (χ3n) is 5.17. The van der Waals surface area contributed by atoms with Crippen LogP contribution in [0.25, 0.3) is 0 Å². The summed E-state index contributed by atoms with van der Waals surface area (Å²) in [4.78, 5) is 13.6. The average Bonchev–Trinajstić information content (AvgIpc) is 3.44. The Morgan fingerprint density at radius 2 is 1.81 bits per heavy atom. The van der Waals surface area contributed by atoms with Gasteiger partial charge in [-0.15, -0.1) is 0 Å². The highest BCUT2D eigenvalue weighted by Gasteiger charge is 2.26. The topological polar surface area (TPSA) is 44.3 Å². The Morgan fingerprint density at radius 1 is 1.08 bits per heavy atom. The van der Waals surface area contributed by atoms with Crippen molar-refractivity contribution in [3.8, 4) is 0 Å². The molecule has 0 bridgehead atoms. The number of nitrogens with zero attached hydrogens (tertiary/aromatic N) is 4. The lowest BCUT2D eigenvalue weighted by molar-refractivity contribution is 0.248. The molecule has 0 radical (unpaired) electrons. The molecule has 1 aliphatic carbocycles. The van der Waals surface area contributed by atoms with E-state index in [2.05, 4.69) is 49.4 Å². The van der Waals surface area contributed by atoms with E-state index in [1.165, 1.54) is 43.7 Å². The quantitative estimate of drug-likeness (QED) is 0.786. The summed E-state index contributed by atoms with van der Waals surface area (Å²) in [7, 11) is 0. The highest BCUT2D eigenvalue weighted by Crippen LogP contribution is 2.30. The largest absolute Gasteiger partial charge is 0.369 e. The summed E-state index contributed by atoms with van der Waals surface area (Å²) in [6, 6.07) is 10.6. The van der Waals surface area contributed by atoms with Crippen LogP contribution in [0.4, 0.5) is 11.5 Å². The first-order valence-corrected chi connectivity index (χ1v) is 9.85. The molecule has 0 amide bonds. The van der Waals surface area contributed by atoms with Crippen LogP contribution in [0.5, 0.6) is 0 Å². The molecule has 26 heavy (non-hydrogen) atoms. The minimum Gasteiger partial charge on any atom is -0.369 e. The third-order valence-corrected chi connectivity index (χ3v) is 5.36. The number of nitrogens with one attached hydrogen (secondary N) is 1. The number of aryl methyl sites for hydroxylation is 1. The summed E-state index contributed by atoms with van der Waals surface area (Å²) in [5.41, 5.74) is 2.55. The predicted octanol–water partition coefficient (Wildman–Crippen LogP) is 3.58.